The van der Waals surface area contributed by atoms with Crippen molar-refractivity contribution in [1.29, 1.82) is 0 Å². The Morgan fingerprint density at radius 1 is 1.19 bits per heavy atom. The molecule has 16 heavy (non-hydrogen) atoms. The van der Waals surface area contributed by atoms with Gasteiger partial charge in [-0.25, -0.2) is 0 Å². The number of rotatable bonds is 2. The minimum absolute atomic E-state index is 0.131. The number of carbonyl (C=O) groups is 1. The van der Waals surface area contributed by atoms with Crippen LogP contribution in [0.15, 0.2) is 11.1 Å². The number of hydrogen-bond donors (Lipinski definition) is 0. The molecule has 2 nitrogen and oxygen atoms in total. The normalized spacial score (nSPS) is 36.2. The van der Waals surface area contributed by atoms with Crippen LogP contribution < -0.4 is 0 Å². The quantitative estimate of drug-likeness (QED) is 0.528. The second-order valence-corrected chi connectivity index (χ2v) is 5.69. The predicted octanol–water partition coefficient (Wildman–Crippen LogP) is 3.46. The third-order valence-corrected chi connectivity index (χ3v) is 4.50. The minimum Gasteiger partial charge on any atom is -0.454 e. The molecule has 2 aliphatic carbocycles. The van der Waals surface area contributed by atoms with E-state index >= 15 is 0 Å². The Hall–Kier alpha value is -0.790. The molecule has 0 aromatic rings. The van der Waals surface area contributed by atoms with Gasteiger partial charge in [0.15, 0.2) is 0 Å². The summed E-state index contributed by atoms with van der Waals surface area (Å²) in [5, 5.41) is 0. The topological polar surface area (TPSA) is 26.3 Å². The van der Waals surface area contributed by atoms with Crippen molar-refractivity contribution in [2.24, 2.45) is 11.8 Å². The number of allylic oxidation sites excluding steroid dienone is 1. The Morgan fingerprint density at radius 2 is 1.88 bits per heavy atom. The lowest BCUT2D eigenvalue weighted by Crippen LogP contribution is -2.41. The molecule has 0 amide bonds. The molecule has 0 aromatic carbocycles. The van der Waals surface area contributed by atoms with Crippen LogP contribution in [0.1, 0.15) is 53.4 Å². The first-order valence-electron chi connectivity index (χ1n) is 6.30. The maximum Gasteiger partial charge on any atom is 0.303 e. The molecule has 0 N–H and O–H groups in total. The summed E-state index contributed by atoms with van der Waals surface area (Å²) in [6.45, 7) is 7.91. The molecule has 0 spiro atoms. The SMILES string of the molecule is CC(=O)OC1(C(C)=C(C)C)CC2CCC1C2. The van der Waals surface area contributed by atoms with Crippen LogP contribution in [0.3, 0.4) is 0 Å². The molecule has 0 saturated heterocycles. The molecule has 2 rings (SSSR count). The zero-order valence-electron chi connectivity index (χ0n) is 10.8. The standard InChI is InChI=1S/C14H22O2/c1-9(2)10(3)14(16-11(4)15)8-12-5-6-13(14)7-12/h12-13H,5-8H2,1-4H3. The van der Waals surface area contributed by atoms with Crippen molar-refractivity contribution in [3.8, 4) is 0 Å². The second-order valence-electron chi connectivity index (χ2n) is 5.69. The average Bonchev–Trinajstić information content (AvgIpc) is 2.75. The fraction of sp³-hybridized carbons (Fsp3) is 0.786. The molecule has 90 valence electrons. The summed E-state index contributed by atoms with van der Waals surface area (Å²) in [6.07, 6.45) is 4.85. The number of esters is 1. The monoisotopic (exact) mass is 222 g/mol. The molecule has 0 aromatic heterocycles. The van der Waals surface area contributed by atoms with Crippen molar-refractivity contribution in [2.75, 3.05) is 0 Å². The van der Waals surface area contributed by atoms with Crippen LogP contribution >= 0.6 is 0 Å². The molecule has 0 radical (unpaired) electrons. The van der Waals surface area contributed by atoms with E-state index in [2.05, 4.69) is 20.8 Å². The third-order valence-electron chi connectivity index (χ3n) is 4.50. The van der Waals surface area contributed by atoms with E-state index in [0.29, 0.717) is 5.92 Å². The van der Waals surface area contributed by atoms with Crippen molar-refractivity contribution in [2.45, 2.75) is 59.0 Å². The van der Waals surface area contributed by atoms with E-state index in [1.165, 1.54) is 37.3 Å². The van der Waals surface area contributed by atoms with E-state index in [-0.39, 0.29) is 11.6 Å². The smallest absolute Gasteiger partial charge is 0.303 e. The van der Waals surface area contributed by atoms with Crippen LogP contribution in [0.4, 0.5) is 0 Å². The van der Waals surface area contributed by atoms with Crippen molar-refractivity contribution < 1.29 is 9.53 Å². The van der Waals surface area contributed by atoms with E-state index in [1.807, 2.05) is 0 Å². The van der Waals surface area contributed by atoms with E-state index < -0.39 is 0 Å². The van der Waals surface area contributed by atoms with Crippen LogP contribution in [0.25, 0.3) is 0 Å². The van der Waals surface area contributed by atoms with Gasteiger partial charge in [-0.1, -0.05) is 5.57 Å². The van der Waals surface area contributed by atoms with Gasteiger partial charge in [0.2, 0.25) is 0 Å². The second kappa shape index (κ2) is 3.90. The number of ether oxygens (including phenoxy) is 1. The van der Waals surface area contributed by atoms with Crippen LogP contribution in [-0.2, 0) is 9.53 Å². The molecule has 0 heterocycles. The Kier molecular flexibility index (Phi) is 2.85. The predicted molar refractivity (Wildman–Crippen MR) is 64.0 cm³/mol. The lowest BCUT2D eigenvalue weighted by molar-refractivity contribution is -0.158. The average molecular weight is 222 g/mol. The van der Waals surface area contributed by atoms with Gasteiger partial charge in [-0.2, -0.15) is 0 Å². The van der Waals surface area contributed by atoms with E-state index in [4.69, 9.17) is 4.74 Å². The Morgan fingerprint density at radius 3 is 2.25 bits per heavy atom. The summed E-state index contributed by atoms with van der Waals surface area (Å²) in [6, 6.07) is 0. The first kappa shape index (κ1) is 11.7. The van der Waals surface area contributed by atoms with Gasteiger partial charge in [-0.3, -0.25) is 4.79 Å². The van der Waals surface area contributed by atoms with E-state index in [1.54, 1.807) is 0 Å². The van der Waals surface area contributed by atoms with Crippen LogP contribution in [0.5, 0.6) is 0 Å². The lowest BCUT2D eigenvalue weighted by atomic mass is 9.77. The van der Waals surface area contributed by atoms with Crippen LogP contribution in [0.2, 0.25) is 0 Å². The van der Waals surface area contributed by atoms with Gasteiger partial charge in [0.25, 0.3) is 0 Å². The van der Waals surface area contributed by atoms with Gasteiger partial charge in [0.1, 0.15) is 5.60 Å². The summed E-state index contributed by atoms with van der Waals surface area (Å²) in [5.74, 6) is 1.21. The summed E-state index contributed by atoms with van der Waals surface area (Å²) in [5.41, 5.74) is 2.33. The lowest BCUT2D eigenvalue weighted by Gasteiger charge is -2.38. The summed E-state index contributed by atoms with van der Waals surface area (Å²) >= 11 is 0. The molecule has 0 aliphatic heterocycles. The van der Waals surface area contributed by atoms with Crippen molar-refractivity contribution in [3.05, 3.63) is 11.1 Å². The molecule has 2 saturated carbocycles. The third kappa shape index (κ3) is 1.68. The van der Waals surface area contributed by atoms with Gasteiger partial charge in [-0.05, 0) is 57.9 Å². The molecule has 3 atom stereocenters. The molecule has 2 bridgehead atoms. The first-order valence-corrected chi connectivity index (χ1v) is 6.30. The van der Waals surface area contributed by atoms with Gasteiger partial charge in [-0.15, -0.1) is 0 Å². The van der Waals surface area contributed by atoms with Gasteiger partial charge in [0, 0.05) is 12.8 Å². The number of fused-ring (bicyclic) bond motifs is 2. The fourth-order valence-corrected chi connectivity index (χ4v) is 3.62. The maximum absolute atomic E-state index is 11.4. The first-order chi connectivity index (χ1) is 7.45. The van der Waals surface area contributed by atoms with E-state index in [0.717, 1.165) is 12.3 Å². The summed E-state index contributed by atoms with van der Waals surface area (Å²) in [7, 11) is 0. The zero-order valence-corrected chi connectivity index (χ0v) is 10.8. The van der Waals surface area contributed by atoms with E-state index in [9.17, 15) is 4.79 Å². The molecule has 2 fully saturated rings. The van der Waals surface area contributed by atoms with Crippen LogP contribution in [-0.4, -0.2) is 11.6 Å². The summed E-state index contributed by atoms with van der Waals surface area (Å²) in [4.78, 5) is 11.4. The number of carbonyl (C=O) groups excluding carboxylic acids is 1. The van der Waals surface area contributed by atoms with Crippen molar-refractivity contribution >= 4 is 5.97 Å². The highest BCUT2D eigenvalue weighted by Crippen LogP contribution is 2.56. The Bertz CT molecular complexity index is 339. The Labute approximate surface area is 98.1 Å². The molecular weight excluding hydrogens is 200 g/mol. The van der Waals surface area contributed by atoms with Gasteiger partial charge < -0.3 is 4.74 Å². The fourth-order valence-electron chi connectivity index (χ4n) is 3.62. The van der Waals surface area contributed by atoms with Gasteiger partial charge in [0.05, 0.1) is 0 Å². The Balaban J connectivity index is 2.35. The molecule has 3 unspecified atom stereocenters. The zero-order chi connectivity index (χ0) is 11.9. The van der Waals surface area contributed by atoms with Crippen molar-refractivity contribution in [1.82, 2.24) is 0 Å². The minimum atomic E-state index is -0.256. The highest BCUT2D eigenvalue weighted by atomic mass is 16.6. The molecule has 2 heteroatoms. The largest absolute Gasteiger partial charge is 0.454 e. The number of hydrogen-bond acceptors (Lipinski definition) is 2. The van der Waals surface area contributed by atoms with Crippen LogP contribution in [0, 0.1) is 11.8 Å². The highest BCUT2D eigenvalue weighted by molar-refractivity contribution is 5.67. The molecular formula is C14H22O2. The van der Waals surface area contributed by atoms with Gasteiger partial charge >= 0.3 is 5.97 Å². The highest BCUT2D eigenvalue weighted by Gasteiger charge is 2.54. The maximum atomic E-state index is 11.4. The van der Waals surface area contributed by atoms with Crippen molar-refractivity contribution in [3.63, 3.8) is 0 Å². The molecule has 2 aliphatic rings. The summed E-state index contributed by atoms with van der Waals surface area (Å²) < 4.78 is 5.76.